The lowest BCUT2D eigenvalue weighted by atomic mass is 9.83. The number of aliphatic hydroxyl groups is 1. The SMILES string of the molecule is CC(CNC(=O)CC1CCCCC1)(CC(=O)NC1C2C=CC(C2)C1C(=O)NCCCCC(O)(C(N)=O)C1CC1)C(N)=O. The number of nitrogens with two attached hydrogens (primary N) is 2. The normalized spacial score (nSPS) is 28.0. The first kappa shape index (κ1) is 32.0. The lowest BCUT2D eigenvalue weighted by Gasteiger charge is -2.31. The Kier molecular flexibility index (Phi) is 10.3. The van der Waals surface area contributed by atoms with Crippen molar-refractivity contribution in [2.75, 3.05) is 13.1 Å². The van der Waals surface area contributed by atoms with E-state index in [-0.39, 0.29) is 54.9 Å². The first-order valence-corrected chi connectivity index (χ1v) is 15.8. The van der Waals surface area contributed by atoms with Crippen molar-refractivity contribution in [2.45, 2.75) is 102 Å². The van der Waals surface area contributed by atoms with Gasteiger partial charge in [-0.1, -0.05) is 31.4 Å². The number of rotatable bonds is 16. The van der Waals surface area contributed by atoms with Gasteiger partial charge in [-0.3, -0.25) is 24.0 Å². The molecule has 8 N–H and O–H groups in total. The van der Waals surface area contributed by atoms with Crippen molar-refractivity contribution in [1.29, 1.82) is 0 Å². The fourth-order valence-corrected chi connectivity index (χ4v) is 7.16. The molecule has 4 aliphatic rings. The molecule has 0 heterocycles. The second-order valence-corrected chi connectivity index (χ2v) is 13.5. The molecule has 5 amide bonds. The highest BCUT2D eigenvalue weighted by molar-refractivity contribution is 5.89. The zero-order valence-electron chi connectivity index (χ0n) is 24.9. The number of nitrogens with one attached hydrogen (secondary N) is 3. The third-order valence-corrected chi connectivity index (χ3v) is 10.1. The van der Waals surface area contributed by atoms with Crippen molar-refractivity contribution < 1.29 is 29.1 Å². The maximum absolute atomic E-state index is 13.2. The number of unbranched alkanes of at least 4 members (excludes halogenated alkanes) is 1. The molecule has 4 rings (SSSR count). The van der Waals surface area contributed by atoms with Gasteiger partial charge in [0.25, 0.3) is 0 Å². The highest BCUT2D eigenvalue weighted by Crippen LogP contribution is 2.44. The Labute approximate surface area is 248 Å². The molecule has 0 spiro atoms. The highest BCUT2D eigenvalue weighted by Gasteiger charge is 2.50. The molecule has 2 bridgehead atoms. The molecule has 3 fully saturated rings. The molecule has 11 heteroatoms. The molecule has 0 saturated heterocycles. The molecule has 0 aromatic rings. The molecule has 234 valence electrons. The zero-order chi connectivity index (χ0) is 30.5. The van der Waals surface area contributed by atoms with Gasteiger partial charge in [-0.25, -0.2) is 0 Å². The average molecular weight is 588 g/mol. The molecule has 0 aliphatic heterocycles. The van der Waals surface area contributed by atoms with Crippen LogP contribution in [0.25, 0.3) is 0 Å². The minimum absolute atomic E-state index is 0.0109. The van der Waals surface area contributed by atoms with Crippen LogP contribution in [0, 0.1) is 35.0 Å². The van der Waals surface area contributed by atoms with Gasteiger partial charge in [0, 0.05) is 32.0 Å². The Balaban J connectivity index is 1.25. The van der Waals surface area contributed by atoms with E-state index in [9.17, 15) is 29.1 Å². The molecule has 3 saturated carbocycles. The van der Waals surface area contributed by atoms with Crippen molar-refractivity contribution in [1.82, 2.24) is 16.0 Å². The molecule has 4 aliphatic carbocycles. The first-order valence-electron chi connectivity index (χ1n) is 15.8. The van der Waals surface area contributed by atoms with Crippen LogP contribution in [0.4, 0.5) is 0 Å². The van der Waals surface area contributed by atoms with Crippen molar-refractivity contribution >= 4 is 29.5 Å². The van der Waals surface area contributed by atoms with E-state index in [1.165, 1.54) is 6.42 Å². The number of hydrogen-bond donors (Lipinski definition) is 6. The minimum atomic E-state index is -1.47. The second-order valence-electron chi connectivity index (χ2n) is 13.5. The molecule has 11 nitrogen and oxygen atoms in total. The van der Waals surface area contributed by atoms with Crippen LogP contribution in [-0.2, 0) is 24.0 Å². The molecule has 6 atom stereocenters. The van der Waals surface area contributed by atoms with Gasteiger partial charge in [-0.2, -0.15) is 0 Å². The number of allylic oxidation sites excluding steroid dienone is 1. The van der Waals surface area contributed by atoms with Crippen molar-refractivity contribution in [3.8, 4) is 0 Å². The second kappa shape index (κ2) is 13.6. The van der Waals surface area contributed by atoms with Gasteiger partial charge in [-0.05, 0) is 82.0 Å². The summed E-state index contributed by atoms with van der Waals surface area (Å²) in [7, 11) is 0. The summed E-state index contributed by atoms with van der Waals surface area (Å²) >= 11 is 0. The van der Waals surface area contributed by atoms with Crippen LogP contribution in [0.3, 0.4) is 0 Å². The van der Waals surface area contributed by atoms with E-state index in [2.05, 4.69) is 16.0 Å². The smallest absolute Gasteiger partial charge is 0.249 e. The summed E-state index contributed by atoms with van der Waals surface area (Å²) in [6.45, 7) is 1.95. The maximum atomic E-state index is 13.2. The Hall–Kier alpha value is -2.95. The van der Waals surface area contributed by atoms with Crippen molar-refractivity contribution in [3.05, 3.63) is 12.2 Å². The van der Waals surface area contributed by atoms with E-state index in [1.807, 2.05) is 12.2 Å². The van der Waals surface area contributed by atoms with Gasteiger partial charge >= 0.3 is 0 Å². The molecule has 0 radical (unpaired) electrons. The monoisotopic (exact) mass is 587 g/mol. The molecule has 6 unspecified atom stereocenters. The molecule has 0 aromatic heterocycles. The van der Waals surface area contributed by atoms with E-state index in [1.54, 1.807) is 6.92 Å². The molecular formula is C31H49N5O6. The number of carbonyl (C=O) groups excluding carboxylic acids is 5. The summed E-state index contributed by atoms with van der Waals surface area (Å²) in [5.74, 6) is -2.13. The van der Waals surface area contributed by atoms with E-state index in [4.69, 9.17) is 11.5 Å². The van der Waals surface area contributed by atoms with Crippen LogP contribution in [0.2, 0.25) is 0 Å². The summed E-state index contributed by atoms with van der Waals surface area (Å²) in [6.07, 6.45) is 13.6. The number of hydrogen-bond acceptors (Lipinski definition) is 6. The maximum Gasteiger partial charge on any atom is 0.249 e. The average Bonchev–Trinajstić information content (AvgIpc) is 3.62. The summed E-state index contributed by atoms with van der Waals surface area (Å²) < 4.78 is 0. The van der Waals surface area contributed by atoms with Crippen LogP contribution in [0.5, 0.6) is 0 Å². The standard InChI is InChI=1S/C31H49N5O6/c1-30(28(32)40,18-35-23(37)15-19-7-3-2-4-8-19)17-24(38)36-26-21-10-9-20(16-21)25(26)27(39)34-14-6-5-13-31(42,29(33)41)22-11-12-22/h9-10,19-22,25-26,42H,2-8,11-18H2,1H3,(H2,32,40)(H2,33,41)(H,34,39)(H,35,37)(H,36,38). The number of carbonyl (C=O) groups is 5. The van der Waals surface area contributed by atoms with Crippen LogP contribution in [0.1, 0.15) is 90.4 Å². The molecular weight excluding hydrogens is 538 g/mol. The van der Waals surface area contributed by atoms with Crippen LogP contribution >= 0.6 is 0 Å². The third kappa shape index (κ3) is 7.71. The quantitative estimate of drug-likeness (QED) is 0.116. The number of fused-ring (bicyclic) bond motifs is 2. The Morgan fingerprint density at radius 3 is 2.21 bits per heavy atom. The van der Waals surface area contributed by atoms with Crippen LogP contribution in [0.15, 0.2) is 12.2 Å². The van der Waals surface area contributed by atoms with Gasteiger partial charge in [0.05, 0.1) is 11.3 Å². The Morgan fingerprint density at radius 2 is 1.57 bits per heavy atom. The first-order chi connectivity index (χ1) is 19.9. The largest absolute Gasteiger partial charge is 0.380 e. The van der Waals surface area contributed by atoms with Gasteiger partial charge in [-0.15, -0.1) is 0 Å². The van der Waals surface area contributed by atoms with E-state index < -0.39 is 34.8 Å². The van der Waals surface area contributed by atoms with Crippen molar-refractivity contribution in [2.24, 2.45) is 46.5 Å². The Morgan fingerprint density at radius 1 is 0.881 bits per heavy atom. The van der Waals surface area contributed by atoms with Gasteiger partial charge in [0.1, 0.15) is 5.60 Å². The van der Waals surface area contributed by atoms with Gasteiger partial charge in [0.15, 0.2) is 0 Å². The predicted octanol–water partition coefficient (Wildman–Crippen LogP) is 1.17. The third-order valence-electron chi connectivity index (χ3n) is 10.1. The van der Waals surface area contributed by atoms with Gasteiger partial charge in [0.2, 0.25) is 29.5 Å². The van der Waals surface area contributed by atoms with E-state index in [0.29, 0.717) is 31.7 Å². The minimum Gasteiger partial charge on any atom is -0.380 e. The number of amides is 5. The fourth-order valence-electron chi connectivity index (χ4n) is 7.16. The number of primary amides is 2. The molecule has 0 aromatic carbocycles. The summed E-state index contributed by atoms with van der Waals surface area (Å²) in [4.78, 5) is 63.0. The predicted molar refractivity (Wildman–Crippen MR) is 156 cm³/mol. The highest BCUT2D eigenvalue weighted by atomic mass is 16.3. The van der Waals surface area contributed by atoms with E-state index >= 15 is 0 Å². The topological polar surface area (TPSA) is 194 Å². The molecule has 42 heavy (non-hydrogen) atoms. The lowest BCUT2D eigenvalue weighted by Crippen LogP contribution is -2.52. The van der Waals surface area contributed by atoms with Gasteiger partial charge < -0.3 is 32.5 Å². The lowest BCUT2D eigenvalue weighted by molar-refractivity contribution is -0.139. The van der Waals surface area contributed by atoms with Crippen LogP contribution < -0.4 is 27.4 Å². The summed E-state index contributed by atoms with van der Waals surface area (Å²) in [5.41, 5.74) is 8.39. The zero-order valence-corrected chi connectivity index (χ0v) is 24.9. The summed E-state index contributed by atoms with van der Waals surface area (Å²) in [5, 5.41) is 19.4. The summed E-state index contributed by atoms with van der Waals surface area (Å²) in [6, 6.07) is -0.402. The fraction of sp³-hybridized carbons (Fsp3) is 0.774. The van der Waals surface area contributed by atoms with Crippen molar-refractivity contribution in [3.63, 3.8) is 0 Å². The van der Waals surface area contributed by atoms with E-state index in [0.717, 1.165) is 44.9 Å². The Bertz CT molecular complexity index is 1070. The van der Waals surface area contributed by atoms with Crippen LogP contribution in [-0.4, -0.2) is 59.4 Å².